The number of imidazole rings is 1. The minimum atomic E-state index is 0.469. The number of benzene rings is 2. The fourth-order valence-corrected chi connectivity index (χ4v) is 5.08. The molecule has 2 aromatic carbocycles. The summed E-state index contributed by atoms with van der Waals surface area (Å²) in [5.41, 5.74) is 10.3. The molecule has 2 aliphatic rings. The Hall–Kier alpha value is -3.38. The Morgan fingerprint density at radius 2 is 1.88 bits per heavy atom. The lowest BCUT2D eigenvalue weighted by atomic mass is 9.74. The predicted octanol–water partition coefficient (Wildman–Crippen LogP) is 4.76. The zero-order valence-corrected chi connectivity index (χ0v) is 18.7. The van der Waals surface area contributed by atoms with Crippen LogP contribution < -0.4 is 10.5 Å². The lowest BCUT2D eigenvalue weighted by molar-refractivity contribution is 0.107. The van der Waals surface area contributed by atoms with Crippen molar-refractivity contribution in [3.05, 3.63) is 78.4 Å². The summed E-state index contributed by atoms with van der Waals surface area (Å²) in [5.74, 6) is 3.68. The molecule has 2 aromatic heterocycles. The van der Waals surface area contributed by atoms with Crippen molar-refractivity contribution in [2.24, 2.45) is 5.92 Å². The smallest absolute Gasteiger partial charge is 0.150 e. The largest absolute Gasteiger partial charge is 0.489 e. The second-order valence-corrected chi connectivity index (χ2v) is 9.34. The van der Waals surface area contributed by atoms with E-state index in [0.29, 0.717) is 18.3 Å². The molecule has 0 bridgehead atoms. The zero-order chi connectivity index (χ0) is 22.2. The first kappa shape index (κ1) is 20.2. The van der Waals surface area contributed by atoms with Gasteiger partial charge in [-0.2, -0.15) is 0 Å². The van der Waals surface area contributed by atoms with Crippen LogP contribution in [0.3, 0.4) is 0 Å². The Balaban J connectivity index is 1.27. The summed E-state index contributed by atoms with van der Waals surface area (Å²) in [5, 5.41) is 0. The van der Waals surface area contributed by atoms with Gasteiger partial charge >= 0.3 is 0 Å². The fourth-order valence-electron chi connectivity index (χ4n) is 5.08. The zero-order valence-electron chi connectivity index (χ0n) is 18.7. The molecule has 0 atom stereocenters. The van der Waals surface area contributed by atoms with Crippen molar-refractivity contribution in [2.45, 2.75) is 31.8 Å². The summed E-state index contributed by atoms with van der Waals surface area (Å²) in [6.45, 7) is 4.30. The third-order valence-corrected chi connectivity index (χ3v) is 7.03. The monoisotopic (exact) mass is 439 g/mol. The molecule has 6 rings (SSSR count). The third-order valence-electron chi connectivity index (χ3n) is 7.03. The molecule has 1 saturated carbocycles. The van der Waals surface area contributed by atoms with Gasteiger partial charge in [-0.1, -0.05) is 42.5 Å². The molecule has 0 spiro atoms. The van der Waals surface area contributed by atoms with Gasteiger partial charge in [0.25, 0.3) is 0 Å². The van der Waals surface area contributed by atoms with Crippen LogP contribution in [0.15, 0.2) is 67.0 Å². The lowest BCUT2D eigenvalue weighted by Crippen LogP contribution is -2.43. The molecule has 4 aromatic rings. The number of aromatic nitrogens is 3. The van der Waals surface area contributed by atoms with Crippen molar-refractivity contribution in [1.82, 2.24) is 19.3 Å². The van der Waals surface area contributed by atoms with E-state index in [1.54, 1.807) is 6.20 Å². The van der Waals surface area contributed by atoms with E-state index in [9.17, 15) is 0 Å². The first-order chi connectivity index (χ1) is 16.2. The highest BCUT2D eigenvalue weighted by molar-refractivity contribution is 5.85. The van der Waals surface area contributed by atoms with E-state index in [-0.39, 0.29) is 0 Å². The van der Waals surface area contributed by atoms with Gasteiger partial charge in [0.05, 0.1) is 0 Å². The predicted molar refractivity (Wildman–Crippen MR) is 130 cm³/mol. The van der Waals surface area contributed by atoms with Crippen molar-refractivity contribution in [3.8, 4) is 17.0 Å². The Morgan fingerprint density at radius 1 is 1.03 bits per heavy atom. The first-order valence-corrected chi connectivity index (χ1v) is 11.9. The quantitative estimate of drug-likeness (QED) is 0.450. The molecule has 33 heavy (non-hydrogen) atoms. The van der Waals surface area contributed by atoms with Crippen LogP contribution in [0.4, 0.5) is 5.82 Å². The maximum atomic E-state index is 6.35. The highest BCUT2D eigenvalue weighted by Crippen LogP contribution is 2.44. The minimum Gasteiger partial charge on any atom is -0.489 e. The van der Waals surface area contributed by atoms with Gasteiger partial charge in [0.2, 0.25) is 0 Å². The number of fused-ring (bicyclic) bond motifs is 1. The molecule has 1 saturated heterocycles. The Morgan fingerprint density at radius 3 is 2.67 bits per heavy atom. The van der Waals surface area contributed by atoms with E-state index >= 15 is 0 Å². The number of rotatable bonds is 7. The van der Waals surface area contributed by atoms with Gasteiger partial charge in [-0.25, -0.2) is 9.97 Å². The number of ether oxygens (including phenoxy) is 1. The van der Waals surface area contributed by atoms with Crippen molar-refractivity contribution < 1.29 is 4.74 Å². The van der Waals surface area contributed by atoms with Crippen molar-refractivity contribution >= 4 is 11.3 Å². The first-order valence-electron chi connectivity index (χ1n) is 11.9. The number of hydrogen-bond acceptors (Lipinski definition) is 5. The molecule has 0 radical (unpaired) electrons. The molecule has 1 aliphatic heterocycles. The molecule has 0 unspecified atom stereocenters. The van der Waals surface area contributed by atoms with E-state index in [0.717, 1.165) is 39.8 Å². The number of hydrogen-bond donors (Lipinski definition) is 1. The number of nitrogen functional groups attached to an aromatic ring is 1. The molecule has 6 heteroatoms. The number of anilines is 1. The molecule has 1 aliphatic carbocycles. The fraction of sp³-hybridized carbons (Fsp3) is 0.333. The summed E-state index contributed by atoms with van der Waals surface area (Å²) in [7, 11) is 0. The standard InChI is InChI=1S/C27H29N5O/c28-26-25-24(21-8-4-9-23(16-21)33-18-19-6-2-1-3-7-19)30-27(32(25)13-10-29-26)22-14-20(15-22)17-31-11-5-12-31/h1-4,6-10,13,16,20,22H,5,11-12,14-15,17-18H2,(H2,28,29). The van der Waals surface area contributed by atoms with E-state index in [2.05, 4.69) is 38.6 Å². The van der Waals surface area contributed by atoms with Crippen molar-refractivity contribution in [1.29, 1.82) is 0 Å². The van der Waals surface area contributed by atoms with Gasteiger partial charge in [-0.3, -0.25) is 4.40 Å². The third kappa shape index (κ3) is 3.95. The summed E-state index contributed by atoms with van der Waals surface area (Å²) in [6.07, 6.45) is 7.50. The molecule has 168 valence electrons. The maximum Gasteiger partial charge on any atom is 0.150 e. The van der Waals surface area contributed by atoms with Crippen molar-refractivity contribution in [3.63, 3.8) is 0 Å². The van der Waals surface area contributed by atoms with E-state index < -0.39 is 0 Å². The van der Waals surface area contributed by atoms with Crippen LogP contribution in [0.5, 0.6) is 5.75 Å². The van der Waals surface area contributed by atoms with Gasteiger partial charge in [0.15, 0.2) is 0 Å². The molecular formula is C27H29N5O. The van der Waals surface area contributed by atoms with Crippen LogP contribution in [0.1, 0.15) is 36.6 Å². The van der Waals surface area contributed by atoms with Crippen molar-refractivity contribution in [2.75, 3.05) is 25.4 Å². The highest BCUT2D eigenvalue weighted by Gasteiger charge is 2.36. The molecule has 6 nitrogen and oxygen atoms in total. The maximum absolute atomic E-state index is 6.35. The molecule has 0 amide bonds. The number of nitrogens with zero attached hydrogens (tertiary/aromatic N) is 4. The lowest BCUT2D eigenvalue weighted by Gasteiger charge is -2.41. The van der Waals surface area contributed by atoms with Crippen LogP contribution in [0, 0.1) is 5.92 Å². The van der Waals surface area contributed by atoms with Gasteiger partial charge < -0.3 is 15.4 Å². The van der Waals surface area contributed by atoms with E-state index in [4.69, 9.17) is 15.5 Å². The summed E-state index contributed by atoms with van der Waals surface area (Å²) >= 11 is 0. The van der Waals surface area contributed by atoms with Crippen LogP contribution in [0.2, 0.25) is 0 Å². The van der Waals surface area contributed by atoms with Crippen LogP contribution >= 0.6 is 0 Å². The van der Waals surface area contributed by atoms with Crippen LogP contribution in [-0.2, 0) is 6.61 Å². The Kier molecular flexibility index (Phi) is 5.23. The van der Waals surface area contributed by atoms with Gasteiger partial charge in [0.1, 0.15) is 35.2 Å². The average molecular weight is 440 g/mol. The summed E-state index contributed by atoms with van der Waals surface area (Å²) in [6, 6.07) is 18.3. The van der Waals surface area contributed by atoms with E-state index in [1.807, 2.05) is 36.5 Å². The van der Waals surface area contributed by atoms with Gasteiger partial charge in [-0.15, -0.1) is 0 Å². The normalized spacial score (nSPS) is 20.4. The van der Waals surface area contributed by atoms with E-state index in [1.165, 1.54) is 38.9 Å². The molecule has 2 fully saturated rings. The minimum absolute atomic E-state index is 0.469. The van der Waals surface area contributed by atoms with Crippen LogP contribution in [0.25, 0.3) is 16.8 Å². The summed E-state index contributed by atoms with van der Waals surface area (Å²) in [4.78, 5) is 12.1. The van der Waals surface area contributed by atoms with Gasteiger partial charge in [-0.05, 0) is 56.0 Å². The second-order valence-electron chi connectivity index (χ2n) is 9.34. The molecule has 3 heterocycles. The number of likely N-dealkylation sites (tertiary alicyclic amines) is 1. The molecular weight excluding hydrogens is 410 g/mol. The van der Waals surface area contributed by atoms with Crippen LogP contribution in [-0.4, -0.2) is 38.9 Å². The molecule has 2 N–H and O–H groups in total. The highest BCUT2D eigenvalue weighted by atomic mass is 16.5. The summed E-state index contributed by atoms with van der Waals surface area (Å²) < 4.78 is 8.22. The average Bonchev–Trinajstić information content (AvgIpc) is 3.17. The number of nitrogens with two attached hydrogens (primary N) is 1. The SMILES string of the molecule is Nc1nccn2c(C3CC(CN4CCC4)C3)nc(-c3cccc(OCc4ccccc4)c3)c12. The topological polar surface area (TPSA) is 68.7 Å². The Bertz CT molecular complexity index is 1260. The second kappa shape index (κ2) is 8.52. The Labute approximate surface area is 194 Å². The van der Waals surface area contributed by atoms with Gasteiger partial charge in [0, 0.05) is 30.4 Å².